The monoisotopic (exact) mass is 261 g/mol. The van der Waals surface area contributed by atoms with E-state index in [0.717, 1.165) is 37.1 Å². The van der Waals surface area contributed by atoms with Crippen molar-refractivity contribution in [2.45, 2.75) is 25.4 Å². The molecule has 0 aromatic heterocycles. The zero-order valence-electron chi connectivity index (χ0n) is 10.9. The molecule has 1 aliphatic rings. The maximum atomic E-state index is 10.1. The molecule has 0 saturated heterocycles. The number of rotatable bonds is 7. The number of benzene rings is 1. The van der Waals surface area contributed by atoms with Gasteiger partial charge < -0.3 is 19.9 Å². The van der Waals surface area contributed by atoms with Gasteiger partial charge in [0.2, 0.25) is 6.79 Å². The highest BCUT2D eigenvalue weighted by Crippen LogP contribution is 2.33. The van der Waals surface area contributed by atoms with E-state index in [-0.39, 0.29) is 6.79 Å². The van der Waals surface area contributed by atoms with Crippen LogP contribution in [0.1, 0.15) is 30.9 Å². The van der Waals surface area contributed by atoms with E-state index in [1.807, 2.05) is 18.2 Å². The Kier molecular flexibility index (Phi) is 5.08. The lowest BCUT2D eigenvalue weighted by molar-refractivity contribution is 0.170. The standard InChI is InChI=1S/C15H19NO3/c1-2-3-4-5-8-16-10-13(17)12-6-7-14-15(9-12)19-11-18-14/h1,6-7,9,13,16-17H,3-5,8,10-11H2. The number of ether oxygens (including phenoxy) is 2. The van der Waals surface area contributed by atoms with Gasteiger partial charge in [-0.3, -0.25) is 0 Å². The van der Waals surface area contributed by atoms with E-state index in [1.54, 1.807) is 0 Å². The van der Waals surface area contributed by atoms with Crippen LogP contribution in [0, 0.1) is 12.3 Å². The first kappa shape index (κ1) is 13.7. The predicted molar refractivity (Wildman–Crippen MR) is 73.1 cm³/mol. The molecule has 1 aromatic rings. The van der Waals surface area contributed by atoms with Crippen molar-refractivity contribution in [3.8, 4) is 23.8 Å². The molecule has 1 heterocycles. The molecule has 4 nitrogen and oxygen atoms in total. The molecule has 102 valence electrons. The Balaban J connectivity index is 1.74. The van der Waals surface area contributed by atoms with Crippen LogP contribution in [-0.4, -0.2) is 25.0 Å². The van der Waals surface area contributed by atoms with E-state index in [2.05, 4.69) is 11.2 Å². The molecule has 1 aliphatic heterocycles. The minimum atomic E-state index is -0.540. The minimum Gasteiger partial charge on any atom is -0.454 e. The van der Waals surface area contributed by atoms with Crippen molar-refractivity contribution in [2.24, 2.45) is 0 Å². The lowest BCUT2D eigenvalue weighted by Crippen LogP contribution is -2.22. The summed E-state index contributed by atoms with van der Waals surface area (Å²) < 4.78 is 10.5. The summed E-state index contributed by atoms with van der Waals surface area (Å²) >= 11 is 0. The van der Waals surface area contributed by atoms with Crippen LogP contribution in [0.2, 0.25) is 0 Å². The summed E-state index contributed by atoms with van der Waals surface area (Å²) in [6.45, 7) is 1.64. The highest BCUT2D eigenvalue weighted by atomic mass is 16.7. The van der Waals surface area contributed by atoms with Gasteiger partial charge in [-0.15, -0.1) is 12.3 Å². The Bertz CT molecular complexity index is 453. The summed E-state index contributed by atoms with van der Waals surface area (Å²) in [5, 5.41) is 13.3. The molecular formula is C15H19NO3. The van der Waals surface area contributed by atoms with E-state index >= 15 is 0 Å². The van der Waals surface area contributed by atoms with Crippen molar-refractivity contribution in [3.63, 3.8) is 0 Å². The van der Waals surface area contributed by atoms with Crippen LogP contribution >= 0.6 is 0 Å². The van der Waals surface area contributed by atoms with E-state index in [4.69, 9.17) is 15.9 Å². The third-order valence-electron chi connectivity index (χ3n) is 3.04. The van der Waals surface area contributed by atoms with Gasteiger partial charge in [0, 0.05) is 13.0 Å². The van der Waals surface area contributed by atoms with Crippen LogP contribution in [0.25, 0.3) is 0 Å². The molecule has 1 atom stereocenters. The summed E-state index contributed by atoms with van der Waals surface area (Å²) in [5.74, 6) is 4.05. The molecule has 0 spiro atoms. The van der Waals surface area contributed by atoms with Crippen LogP contribution in [0.4, 0.5) is 0 Å². The van der Waals surface area contributed by atoms with Crippen LogP contribution in [0.15, 0.2) is 18.2 Å². The number of hydrogen-bond donors (Lipinski definition) is 2. The fraction of sp³-hybridized carbons (Fsp3) is 0.467. The smallest absolute Gasteiger partial charge is 0.231 e. The van der Waals surface area contributed by atoms with E-state index in [1.165, 1.54) is 0 Å². The van der Waals surface area contributed by atoms with Gasteiger partial charge in [-0.2, -0.15) is 0 Å². The fourth-order valence-electron chi connectivity index (χ4n) is 1.95. The molecule has 2 N–H and O–H groups in total. The third-order valence-corrected chi connectivity index (χ3v) is 3.04. The average molecular weight is 261 g/mol. The van der Waals surface area contributed by atoms with Gasteiger partial charge in [0.15, 0.2) is 11.5 Å². The van der Waals surface area contributed by atoms with Crippen LogP contribution in [0.3, 0.4) is 0 Å². The minimum absolute atomic E-state index is 0.252. The molecule has 4 heteroatoms. The second-order valence-corrected chi connectivity index (χ2v) is 4.49. The van der Waals surface area contributed by atoms with Gasteiger partial charge >= 0.3 is 0 Å². The highest BCUT2D eigenvalue weighted by molar-refractivity contribution is 5.45. The molecular weight excluding hydrogens is 242 g/mol. The van der Waals surface area contributed by atoms with Crippen molar-refractivity contribution >= 4 is 0 Å². The van der Waals surface area contributed by atoms with Crippen LogP contribution in [0.5, 0.6) is 11.5 Å². The zero-order valence-corrected chi connectivity index (χ0v) is 10.9. The van der Waals surface area contributed by atoms with Crippen molar-refractivity contribution in [1.29, 1.82) is 0 Å². The Morgan fingerprint density at radius 2 is 2.16 bits per heavy atom. The Hall–Kier alpha value is -1.70. The van der Waals surface area contributed by atoms with Gasteiger partial charge in [0.05, 0.1) is 6.10 Å². The first-order valence-electron chi connectivity index (χ1n) is 6.53. The van der Waals surface area contributed by atoms with Gasteiger partial charge in [-0.05, 0) is 37.1 Å². The molecule has 2 rings (SSSR count). The fourth-order valence-corrected chi connectivity index (χ4v) is 1.95. The number of terminal acetylenes is 1. The van der Waals surface area contributed by atoms with E-state index in [9.17, 15) is 5.11 Å². The maximum Gasteiger partial charge on any atom is 0.231 e. The summed E-state index contributed by atoms with van der Waals surface area (Å²) in [6, 6.07) is 5.51. The lowest BCUT2D eigenvalue weighted by Gasteiger charge is -2.12. The van der Waals surface area contributed by atoms with Crippen molar-refractivity contribution in [1.82, 2.24) is 5.32 Å². The molecule has 0 saturated carbocycles. The number of aliphatic hydroxyl groups is 1. The molecule has 0 bridgehead atoms. The molecule has 0 radical (unpaired) electrons. The molecule has 19 heavy (non-hydrogen) atoms. The van der Waals surface area contributed by atoms with Crippen LogP contribution < -0.4 is 14.8 Å². The first-order chi connectivity index (χ1) is 9.31. The van der Waals surface area contributed by atoms with Gasteiger partial charge in [-0.25, -0.2) is 0 Å². The summed E-state index contributed by atoms with van der Waals surface area (Å²) in [5.41, 5.74) is 0.834. The molecule has 0 amide bonds. The van der Waals surface area contributed by atoms with Crippen molar-refractivity contribution < 1.29 is 14.6 Å². The van der Waals surface area contributed by atoms with Crippen LogP contribution in [-0.2, 0) is 0 Å². The zero-order chi connectivity index (χ0) is 13.5. The van der Waals surface area contributed by atoms with Gasteiger partial charge in [-0.1, -0.05) is 6.07 Å². The maximum absolute atomic E-state index is 10.1. The Morgan fingerprint density at radius 3 is 3.00 bits per heavy atom. The number of hydrogen-bond acceptors (Lipinski definition) is 4. The van der Waals surface area contributed by atoms with Crippen molar-refractivity contribution in [3.05, 3.63) is 23.8 Å². The van der Waals surface area contributed by atoms with Gasteiger partial charge in [0.1, 0.15) is 0 Å². The molecule has 1 aromatic carbocycles. The second kappa shape index (κ2) is 7.03. The molecule has 0 fully saturated rings. The molecule has 0 aliphatic carbocycles. The van der Waals surface area contributed by atoms with Gasteiger partial charge in [0.25, 0.3) is 0 Å². The largest absolute Gasteiger partial charge is 0.454 e. The number of nitrogens with one attached hydrogen (secondary N) is 1. The summed E-state index contributed by atoms with van der Waals surface area (Å²) in [7, 11) is 0. The van der Waals surface area contributed by atoms with E-state index in [0.29, 0.717) is 12.3 Å². The lowest BCUT2D eigenvalue weighted by atomic mass is 10.1. The topological polar surface area (TPSA) is 50.7 Å². The second-order valence-electron chi connectivity index (χ2n) is 4.49. The number of fused-ring (bicyclic) bond motifs is 1. The highest BCUT2D eigenvalue weighted by Gasteiger charge is 2.16. The van der Waals surface area contributed by atoms with E-state index < -0.39 is 6.10 Å². The number of unbranched alkanes of at least 4 members (excludes halogenated alkanes) is 2. The quantitative estimate of drug-likeness (QED) is 0.581. The molecule has 1 unspecified atom stereocenters. The third kappa shape index (κ3) is 3.88. The first-order valence-corrected chi connectivity index (χ1v) is 6.53. The average Bonchev–Trinajstić information content (AvgIpc) is 2.89. The predicted octanol–water partition coefficient (Wildman–Crippen LogP) is 1.84. The van der Waals surface area contributed by atoms with Crippen molar-refractivity contribution in [2.75, 3.05) is 19.9 Å². The Morgan fingerprint density at radius 1 is 1.32 bits per heavy atom. The summed E-state index contributed by atoms with van der Waals surface area (Å²) in [6.07, 6.45) is 7.50. The SMILES string of the molecule is C#CCCCCNCC(O)c1ccc2c(c1)OCO2. The number of aliphatic hydroxyl groups excluding tert-OH is 1. The normalized spacial score (nSPS) is 14.1. The summed E-state index contributed by atoms with van der Waals surface area (Å²) in [4.78, 5) is 0. The Labute approximate surface area is 113 Å².